The Hall–Kier alpha value is -1.30. The van der Waals surface area contributed by atoms with Crippen LogP contribution < -0.4 is 0 Å². The topological polar surface area (TPSA) is 43.4 Å². The second-order valence-electron chi connectivity index (χ2n) is 3.45. The fourth-order valence-electron chi connectivity index (χ4n) is 1.68. The molecule has 0 aliphatic carbocycles. The first-order valence-corrected chi connectivity index (χ1v) is 4.71. The fourth-order valence-corrected chi connectivity index (χ4v) is 1.68. The molecule has 1 fully saturated rings. The van der Waals surface area contributed by atoms with Gasteiger partial charge in [0.1, 0.15) is 11.2 Å². The highest BCUT2D eigenvalue weighted by molar-refractivity contribution is 6.03. The summed E-state index contributed by atoms with van der Waals surface area (Å²) in [7, 11) is 0. The van der Waals surface area contributed by atoms with Crippen LogP contribution in [0.25, 0.3) is 0 Å². The molecule has 0 aromatic carbocycles. The smallest absolute Gasteiger partial charge is 0.319 e. The molecule has 1 aliphatic heterocycles. The van der Waals surface area contributed by atoms with Crippen molar-refractivity contribution in [3.8, 4) is 11.8 Å². The van der Waals surface area contributed by atoms with E-state index in [9.17, 15) is 9.59 Å². The van der Waals surface area contributed by atoms with Gasteiger partial charge in [-0.25, -0.2) is 0 Å². The minimum absolute atomic E-state index is 0.0992. The summed E-state index contributed by atoms with van der Waals surface area (Å²) >= 11 is 0. The molecule has 0 aromatic rings. The molecule has 1 unspecified atom stereocenters. The van der Waals surface area contributed by atoms with E-state index < -0.39 is 5.41 Å². The van der Waals surface area contributed by atoms with Crippen molar-refractivity contribution in [1.29, 1.82) is 0 Å². The lowest BCUT2D eigenvalue weighted by molar-refractivity contribution is -0.151. The van der Waals surface area contributed by atoms with Crippen LogP contribution >= 0.6 is 0 Å². The van der Waals surface area contributed by atoms with Crippen LogP contribution in [0.3, 0.4) is 0 Å². The standard InChI is InChI=1S/C11H14O3/c1-3-4-5-6-11(9(2)12)7-8-14-10(11)13/h5-8H2,1-2H3. The van der Waals surface area contributed by atoms with E-state index in [1.165, 1.54) is 6.92 Å². The zero-order valence-electron chi connectivity index (χ0n) is 8.55. The number of ketones is 1. The molecule has 0 saturated carbocycles. The Bertz CT molecular complexity index is 308. The normalized spacial score (nSPS) is 25.1. The molecule has 0 aromatic heterocycles. The number of hydrogen-bond acceptors (Lipinski definition) is 3. The number of carbonyl (C=O) groups excluding carboxylic acids is 2. The fraction of sp³-hybridized carbons (Fsp3) is 0.636. The summed E-state index contributed by atoms with van der Waals surface area (Å²) in [5, 5.41) is 0. The number of esters is 1. The summed E-state index contributed by atoms with van der Waals surface area (Å²) in [4.78, 5) is 22.9. The van der Waals surface area contributed by atoms with Gasteiger partial charge < -0.3 is 4.74 Å². The predicted octanol–water partition coefficient (Wildman–Crippen LogP) is 1.31. The SMILES string of the molecule is CC#CCCC1(C(C)=O)CCOC1=O. The van der Waals surface area contributed by atoms with E-state index in [1.54, 1.807) is 6.92 Å². The first-order valence-electron chi connectivity index (χ1n) is 4.71. The van der Waals surface area contributed by atoms with Gasteiger partial charge in [-0.15, -0.1) is 11.8 Å². The number of Topliss-reactive ketones (excluding diaryl/α,β-unsaturated/α-hetero) is 1. The Balaban J connectivity index is 2.75. The van der Waals surface area contributed by atoms with Crippen molar-refractivity contribution in [2.24, 2.45) is 5.41 Å². The molecule has 1 heterocycles. The molecule has 1 saturated heterocycles. The van der Waals surface area contributed by atoms with Crippen LogP contribution in [-0.2, 0) is 14.3 Å². The lowest BCUT2D eigenvalue weighted by Gasteiger charge is -2.19. The molecule has 0 spiro atoms. The highest BCUT2D eigenvalue weighted by Gasteiger charge is 2.47. The van der Waals surface area contributed by atoms with Gasteiger partial charge in [-0.2, -0.15) is 0 Å². The molecular formula is C11H14O3. The van der Waals surface area contributed by atoms with Crippen LogP contribution in [0.4, 0.5) is 0 Å². The Morgan fingerprint density at radius 1 is 1.64 bits per heavy atom. The molecule has 1 rings (SSSR count). The largest absolute Gasteiger partial charge is 0.465 e. The summed E-state index contributed by atoms with van der Waals surface area (Å²) in [6.07, 6.45) is 1.57. The van der Waals surface area contributed by atoms with Crippen LogP contribution in [0.5, 0.6) is 0 Å². The average Bonchev–Trinajstić information content (AvgIpc) is 2.49. The third-order valence-electron chi connectivity index (χ3n) is 2.68. The van der Waals surface area contributed by atoms with E-state index in [4.69, 9.17) is 4.74 Å². The first-order chi connectivity index (χ1) is 6.63. The molecule has 0 bridgehead atoms. The summed E-state index contributed by atoms with van der Waals surface area (Å²) in [6.45, 7) is 3.55. The van der Waals surface area contributed by atoms with Crippen molar-refractivity contribution in [3.63, 3.8) is 0 Å². The zero-order valence-corrected chi connectivity index (χ0v) is 8.55. The molecule has 3 heteroatoms. The molecule has 1 atom stereocenters. The van der Waals surface area contributed by atoms with Crippen LogP contribution in [-0.4, -0.2) is 18.4 Å². The van der Waals surface area contributed by atoms with Gasteiger partial charge in [-0.05, 0) is 20.3 Å². The average molecular weight is 194 g/mol. The summed E-state index contributed by atoms with van der Waals surface area (Å²) < 4.78 is 4.85. The number of carbonyl (C=O) groups is 2. The second kappa shape index (κ2) is 4.28. The third-order valence-corrected chi connectivity index (χ3v) is 2.68. The van der Waals surface area contributed by atoms with Gasteiger partial charge in [0.25, 0.3) is 0 Å². The maximum Gasteiger partial charge on any atom is 0.319 e. The second-order valence-corrected chi connectivity index (χ2v) is 3.45. The molecular weight excluding hydrogens is 180 g/mol. The number of cyclic esters (lactones) is 1. The third kappa shape index (κ3) is 1.79. The molecule has 76 valence electrons. The van der Waals surface area contributed by atoms with Gasteiger partial charge in [-0.1, -0.05) is 0 Å². The maximum absolute atomic E-state index is 11.4. The molecule has 0 N–H and O–H groups in total. The summed E-state index contributed by atoms with van der Waals surface area (Å²) in [5.74, 6) is 5.14. The van der Waals surface area contributed by atoms with Crippen molar-refractivity contribution in [2.75, 3.05) is 6.61 Å². The Kier molecular flexibility index (Phi) is 3.29. The van der Waals surface area contributed by atoms with Crippen molar-refractivity contribution >= 4 is 11.8 Å². The van der Waals surface area contributed by atoms with Crippen LogP contribution in [0.2, 0.25) is 0 Å². The minimum atomic E-state index is -0.899. The van der Waals surface area contributed by atoms with Gasteiger partial charge >= 0.3 is 5.97 Å². The monoisotopic (exact) mass is 194 g/mol. The van der Waals surface area contributed by atoms with Crippen molar-refractivity contribution in [3.05, 3.63) is 0 Å². The summed E-state index contributed by atoms with van der Waals surface area (Å²) in [5.41, 5.74) is -0.899. The molecule has 14 heavy (non-hydrogen) atoms. The van der Waals surface area contributed by atoms with Gasteiger partial charge in [0, 0.05) is 12.8 Å². The number of hydrogen-bond donors (Lipinski definition) is 0. The van der Waals surface area contributed by atoms with Crippen LogP contribution in [0.1, 0.15) is 33.1 Å². The lowest BCUT2D eigenvalue weighted by Crippen LogP contribution is -2.33. The van der Waals surface area contributed by atoms with E-state index in [0.717, 1.165) is 0 Å². The Morgan fingerprint density at radius 3 is 2.79 bits per heavy atom. The molecule has 0 radical (unpaired) electrons. The summed E-state index contributed by atoms with van der Waals surface area (Å²) in [6, 6.07) is 0. The van der Waals surface area contributed by atoms with Crippen molar-refractivity contribution in [2.45, 2.75) is 33.1 Å². The van der Waals surface area contributed by atoms with E-state index >= 15 is 0 Å². The highest BCUT2D eigenvalue weighted by Crippen LogP contribution is 2.35. The van der Waals surface area contributed by atoms with Gasteiger partial charge in [-0.3, -0.25) is 9.59 Å². The first kappa shape index (κ1) is 10.8. The number of rotatable bonds is 3. The molecule has 3 nitrogen and oxygen atoms in total. The van der Waals surface area contributed by atoms with Crippen LogP contribution in [0, 0.1) is 17.3 Å². The van der Waals surface area contributed by atoms with E-state index in [-0.39, 0.29) is 11.8 Å². The van der Waals surface area contributed by atoms with E-state index in [0.29, 0.717) is 25.9 Å². The van der Waals surface area contributed by atoms with E-state index in [2.05, 4.69) is 11.8 Å². The molecule has 0 amide bonds. The quantitative estimate of drug-likeness (QED) is 0.386. The Labute approximate surface area is 83.8 Å². The number of ether oxygens (including phenoxy) is 1. The van der Waals surface area contributed by atoms with E-state index in [1.807, 2.05) is 0 Å². The maximum atomic E-state index is 11.4. The van der Waals surface area contributed by atoms with Crippen molar-refractivity contribution in [1.82, 2.24) is 0 Å². The zero-order chi connectivity index (χ0) is 10.6. The molecule has 1 aliphatic rings. The predicted molar refractivity (Wildman–Crippen MR) is 51.4 cm³/mol. The van der Waals surface area contributed by atoms with Crippen LogP contribution in [0.15, 0.2) is 0 Å². The Morgan fingerprint density at radius 2 is 2.36 bits per heavy atom. The highest BCUT2D eigenvalue weighted by atomic mass is 16.5. The minimum Gasteiger partial charge on any atom is -0.465 e. The lowest BCUT2D eigenvalue weighted by atomic mass is 9.78. The van der Waals surface area contributed by atoms with Crippen molar-refractivity contribution < 1.29 is 14.3 Å². The van der Waals surface area contributed by atoms with Gasteiger partial charge in [0.05, 0.1) is 6.61 Å². The van der Waals surface area contributed by atoms with Gasteiger partial charge in [0.2, 0.25) is 0 Å². The van der Waals surface area contributed by atoms with Gasteiger partial charge in [0.15, 0.2) is 0 Å².